The highest BCUT2D eigenvalue weighted by atomic mass is 16.1. The first-order chi connectivity index (χ1) is 13.4. The highest BCUT2D eigenvalue weighted by Crippen LogP contribution is 2.65. The third-order valence-electron chi connectivity index (χ3n) is 10.0. The molecule has 0 unspecified atom stereocenters. The summed E-state index contributed by atoms with van der Waals surface area (Å²) in [5.41, 5.74) is 0.324. The van der Waals surface area contributed by atoms with E-state index < -0.39 is 0 Å². The molecule has 0 aromatic carbocycles. The predicted molar refractivity (Wildman–Crippen MR) is 111 cm³/mol. The Labute approximate surface area is 170 Å². The van der Waals surface area contributed by atoms with E-state index in [1.165, 1.54) is 44.9 Å². The summed E-state index contributed by atoms with van der Waals surface area (Å²) < 4.78 is 0. The van der Waals surface area contributed by atoms with Crippen molar-refractivity contribution < 1.29 is 9.59 Å². The van der Waals surface area contributed by atoms with Gasteiger partial charge in [-0.1, -0.05) is 39.2 Å². The third kappa shape index (κ3) is 2.67. The summed E-state index contributed by atoms with van der Waals surface area (Å²) in [5.74, 6) is 3.47. The highest BCUT2D eigenvalue weighted by molar-refractivity contribution is 5.89. The molecule has 1 N–H and O–H groups in total. The summed E-state index contributed by atoms with van der Waals surface area (Å²) in [6, 6.07) is 0.302. The van der Waals surface area contributed by atoms with Crippen LogP contribution in [-0.4, -0.2) is 17.7 Å². The molecule has 1 aliphatic heterocycles. The molecule has 0 bridgehead atoms. The maximum absolute atomic E-state index is 13.5. The molecule has 4 fully saturated rings. The minimum Gasteiger partial charge on any atom is -0.349 e. The van der Waals surface area contributed by atoms with Crippen molar-refractivity contribution in [2.24, 2.45) is 40.4 Å². The Hall–Kier alpha value is -1.12. The average Bonchev–Trinajstić information content (AvgIpc) is 3.06. The lowest BCUT2D eigenvalue weighted by atomic mass is 9.47. The molecule has 28 heavy (non-hydrogen) atoms. The van der Waals surface area contributed by atoms with Crippen LogP contribution in [-0.2, 0) is 9.59 Å². The van der Waals surface area contributed by atoms with Crippen LogP contribution in [0, 0.1) is 40.4 Å². The van der Waals surface area contributed by atoms with E-state index in [2.05, 4.69) is 25.2 Å². The van der Waals surface area contributed by atoms with Crippen molar-refractivity contribution in [1.29, 1.82) is 0 Å². The van der Waals surface area contributed by atoms with Gasteiger partial charge in [0.05, 0.1) is 0 Å². The summed E-state index contributed by atoms with van der Waals surface area (Å²) in [7, 11) is 0. The zero-order valence-corrected chi connectivity index (χ0v) is 17.7. The monoisotopic (exact) mass is 383 g/mol. The standard InChI is InChI=1S/C25H37NO2/c1-24-14-12-19-17(8-11-21-25(19,2)15-13-22(27)26-21)18(24)9-10-20(24)23(28)16-6-4-3-5-7-16/h13,15-21H,3-12,14H2,1-2H3,(H,26,27)/t17-,18-,19-,20+,21+,24-,25+/m0/s1. The Kier molecular flexibility index (Phi) is 4.52. The normalized spacial score (nSPS) is 48.4. The first-order valence-electron chi connectivity index (χ1n) is 12.0. The number of amides is 1. The molecule has 5 aliphatic rings. The fourth-order valence-corrected chi connectivity index (χ4v) is 8.47. The van der Waals surface area contributed by atoms with E-state index in [1.54, 1.807) is 6.08 Å². The molecular weight excluding hydrogens is 346 g/mol. The van der Waals surface area contributed by atoms with E-state index in [4.69, 9.17) is 0 Å². The number of fused-ring (bicyclic) bond motifs is 5. The smallest absolute Gasteiger partial charge is 0.243 e. The van der Waals surface area contributed by atoms with Crippen molar-refractivity contribution in [2.75, 3.05) is 0 Å². The Bertz CT molecular complexity index is 693. The third-order valence-corrected chi connectivity index (χ3v) is 10.0. The van der Waals surface area contributed by atoms with Crippen LogP contribution in [0.4, 0.5) is 0 Å². The number of hydrogen-bond acceptors (Lipinski definition) is 2. The summed E-state index contributed by atoms with van der Waals surface area (Å²) in [4.78, 5) is 25.4. The van der Waals surface area contributed by atoms with Crippen molar-refractivity contribution in [2.45, 2.75) is 90.5 Å². The average molecular weight is 384 g/mol. The van der Waals surface area contributed by atoms with Crippen molar-refractivity contribution in [3.63, 3.8) is 0 Å². The molecule has 1 amide bonds. The first kappa shape index (κ1) is 18.9. The Morgan fingerprint density at radius 1 is 0.964 bits per heavy atom. The van der Waals surface area contributed by atoms with Crippen LogP contribution < -0.4 is 5.32 Å². The summed E-state index contributed by atoms with van der Waals surface area (Å²) in [6.45, 7) is 4.85. The van der Waals surface area contributed by atoms with Gasteiger partial charge in [-0.25, -0.2) is 0 Å². The molecular formula is C25H37NO2. The molecule has 154 valence electrons. The molecule has 4 saturated carbocycles. The van der Waals surface area contributed by atoms with Crippen LogP contribution in [0.15, 0.2) is 12.2 Å². The minimum atomic E-state index is 0.0839. The van der Waals surface area contributed by atoms with E-state index in [-0.39, 0.29) is 16.7 Å². The number of Topliss-reactive ketones (excluding diaryl/α,β-unsaturated/α-hetero) is 1. The number of carbonyl (C=O) groups is 2. The molecule has 0 spiro atoms. The van der Waals surface area contributed by atoms with Crippen LogP contribution in [0.2, 0.25) is 0 Å². The van der Waals surface area contributed by atoms with Crippen molar-refractivity contribution >= 4 is 11.7 Å². The molecule has 4 aliphatic carbocycles. The molecule has 0 aromatic heterocycles. The van der Waals surface area contributed by atoms with Gasteiger partial charge in [0.2, 0.25) is 5.91 Å². The second-order valence-corrected chi connectivity index (χ2v) is 11.1. The van der Waals surface area contributed by atoms with Crippen LogP contribution in [0.25, 0.3) is 0 Å². The zero-order valence-electron chi connectivity index (χ0n) is 17.7. The Balaban J connectivity index is 1.39. The van der Waals surface area contributed by atoms with Gasteiger partial charge in [-0.2, -0.15) is 0 Å². The minimum absolute atomic E-state index is 0.0839. The van der Waals surface area contributed by atoms with Crippen LogP contribution in [0.1, 0.15) is 84.5 Å². The molecule has 0 saturated heterocycles. The number of carbonyl (C=O) groups excluding carboxylic acids is 2. The van der Waals surface area contributed by atoms with Gasteiger partial charge < -0.3 is 5.32 Å². The van der Waals surface area contributed by atoms with Crippen LogP contribution >= 0.6 is 0 Å². The molecule has 3 nitrogen and oxygen atoms in total. The van der Waals surface area contributed by atoms with Crippen molar-refractivity contribution in [1.82, 2.24) is 5.32 Å². The van der Waals surface area contributed by atoms with Gasteiger partial charge in [0.25, 0.3) is 0 Å². The van der Waals surface area contributed by atoms with Gasteiger partial charge in [0.15, 0.2) is 0 Å². The zero-order chi connectivity index (χ0) is 19.5. The topological polar surface area (TPSA) is 46.2 Å². The largest absolute Gasteiger partial charge is 0.349 e. The number of ketones is 1. The van der Waals surface area contributed by atoms with E-state index >= 15 is 0 Å². The number of nitrogens with one attached hydrogen (secondary N) is 1. The summed E-state index contributed by atoms with van der Waals surface area (Å²) >= 11 is 0. The van der Waals surface area contributed by atoms with Crippen molar-refractivity contribution in [3.8, 4) is 0 Å². The van der Waals surface area contributed by atoms with Gasteiger partial charge in [0.1, 0.15) is 5.78 Å². The predicted octanol–water partition coefficient (Wildman–Crippen LogP) is 5.05. The lowest BCUT2D eigenvalue weighted by molar-refractivity contribution is -0.136. The van der Waals surface area contributed by atoms with Crippen molar-refractivity contribution in [3.05, 3.63) is 12.2 Å². The van der Waals surface area contributed by atoms with Gasteiger partial charge >= 0.3 is 0 Å². The quantitative estimate of drug-likeness (QED) is 0.725. The van der Waals surface area contributed by atoms with Gasteiger partial charge in [-0.15, -0.1) is 0 Å². The second kappa shape index (κ2) is 6.71. The maximum atomic E-state index is 13.5. The molecule has 3 heteroatoms. The SMILES string of the molecule is C[C@]12C=CC(=O)N[C@@H]1CC[C@@H]1[C@@H]2CC[C@]2(C)[C@@H](C(=O)C3CCCCC3)CC[C@@H]12. The van der Waals surface area contributed by atoms with E-state index in [1.807, 2.05) is 0 Å². The first-order valence-corrected chi connectivity index (χ1v) is 12.0. The summed E-state index contributed by atoms with van der Waals surface area (Å²) in [6.07, 6.45) is 17.3. The second-order valence-electron chi connectivity index (χ2n) is 11.1. The maximum Gasteiger partial charge on any atom is 0.243 e. The fraction of sp³-hybridized carbons (Fsp3) is 0.840. The number of rotatable bonds is 2. The van der Waals surface area contributed by atoms with Gasteiger partial charge in [-0.3, -0.25) is 9.59 Å². The summed E-state index contributed by atoms with van der Waals surface area (Å²) in [5, 5.41) is 3.25. The highest BCUT2D eigenvalue weighted by Gasteiger charge is 2.61. The van der Waals surface area contributed by atoms with Gasteiger partial charge in [0, 0.05) is 23.3 Å². The molecule has 7 atom stereocenters. The van der Waals surface area contributed by atoms with E-state index in [0.29, 0.717) is 35.5 Å². The van der Waals surface area contributed by atoms with E-state index in [9.17, 15) is 9.59 Å². The lowest BCUT2D eigenvalue weighted by Crippen LogP contribution is -2.59. The van der Waals surface area contributed by atoms with Crippen LogP contribution in [0.3, 0.4) is 0 Å². The van der Waals surface area contributed by atoms with E-state index in [0.717, 1.165) is 31.6 Å². The molecule has 1 heterocycles. The Morgan fingerprint density at radius 3 is 2.54 bits per heavy atom. The number of hydrogen-bond donors (Lipinski definition) is 1. The molecule has 0 aromatic rings. The van der Waals surface area contributed by atoms with Crippen LogP contribution in [0.5, 0.6) is 0 Å². The molecule has 0 radical (unpaired) electrons. The molecule has 5 rings (SSSR count). The Morgan fingerprint density at radius 2 is 1.75 bits per heavy atom. The fourth-order valence-electron chi connectivity index (χ4n) is 8.47. The lowest BCUT2D eigenvalue weighted by Gasteiger charge is -2.58. The van der Waals surface area contributed by atoms with Gasteiger partial charge in [-0.05, 0) is 80.6 Å².